The van der Waals surface area contributed by atoms with Crippen LogP contribution in [0.5, 0.6) is 0 Å². The van der Waals surface area contributed by atoms with Gasteiger partial charge in [-0.15, -0.1) is 10.2 Å². The van der Waals surface area contributed by atoms with Crippen LogP contribution in [-0.2, 0) is 4.79 Å². The molecular weight excluding hydrogens is 396 g/mol. The Morgan fingerprint density at radius 3 is 2.50 bits per heavy atom. The minimum atomic E-state index is -0.395. The van der Waals surface area contributed by atoms with Crippen molar-refractivity contribution in [3.8, 4) is 0 Å². The summed E-state index contributed by atoms with van der Waals surface area (Å²) in [6, 6.07) is 0.229. The van der Waals surface area contributed by atoms with Gasteiger partial charge in [-0.3, -0.25) is 19.3 Å². The van der Waals surface area contributed by atoms with E-state index in [1.807, 2.05) is 13.8 Å². The van der Waals surface area contributed by atoms with E-state index >= 15 is 0 Å². The molecule has 1 aliphatic carbocycles. The van der Waals surface area contributed by atoms with Crippen LogP contribution in [0.25, 0.3) is 0 Å². The molecule has 28 heavy (non-hydrogen) atoms. The van der Waals surface area contributed by atoms with Gasteiger partial charge in [0.25, 0.3) is 0 Å². The Kier molecular flexibility index (Phi) is 6.04. The van der Waals surface area contributed by atoms with Gasteiger partial charge in [0, 0.05) is 23.7 Å². The number of hydrogen-bond donors (Lipinski definition) is 1. The molecule has 9 heteroatoms. The van der Waals surface area contributed by atoms with Crippen LogP contribution in [0.1, 0.15) is 72.1 Å². The molecule has 1 fully saturated rings. The average Bonchev–Trinajstić information content (AvgIpc) is 3.29. The minimum absolute atomic E-state index is 0.0496. The lowest BCUT2D eigenvalue weighted by molar-refractivity contribution is -0.118. The number of aryl methyl sites for hydroxylation is 1. The van der Waals surface area contributed by atoms with Crippen LogP contribution in [-0.4, -0.2) is 43.9 Å². The maximum Gasteiger partial charge on any atom is 0.228 e. The second-order valence-corrected chi connectivity index (χ2v) is 9.55. The van der Waals surface area contributed by atoms with Crippen molar-refractivity contribution in [2.75, 3.05) is 4.90 Å². The molecular formula is C19H24N4O3S2. The maximum atomic E-state index is 12.9. The fraction of sp³-hybridized carbons (Fsp3) is 0.526. The molecule has 3 rings (SSSR count). The number of carbonyl (C=O) groups excluding carboxylic acids is 3. The monoisotopic (exact) mass is 420 g/mol. The van der Waals surface area contributed by atoms with E-state index in [-0.39, 0.29) is 23.5 Å². The summed E-state index contributed by atoms with van der Waals surface area (Å²) in [7, 11) is 0. The van der Waals surface area contributed by atoms with Crippen LogP contribution in [0.2, 0.25) is 0 Å². The molecule has 0 aromatic carbocycles. The first kappa shape index (κ1) is 20.7. The summed E-state index contributed by atoms with van der Waals surface area (Å²) in [4.78, 5) is 41.7. The van der Waals surface area contributed by atoms with E-state index < -0.39 is 5.25 Å². The molecule has 0 unspecified atom stereocenters. The number of aromatic nitrogens is 3. The Balaban J connectivity index is 1.75. The van der Waals surface area contributed by atoms with Crippen molar-refractivity contribution in [1.29, 1.82) is 0 Å². The van der Waals surface area contributed by atoms with Gasteiger partial charge in [-0.05, 0) is 46.1 Å². The number of anilines is 1. The molecule has 7 nitrogen and oxygen atoms in total. The normalized spacial score (nSPS) is 14.8. The molecule has 0 spiro atoms. The van der Waals surface area contributed by atoms with Gasteiger partial charge in [0.05, 0.1) is 10.9 Å². The zero-order valence-corrected chi connectivity index (χ0v) is 18.3. The number of Topliss-reactive ketones (excluding diaryl/α,β-unsaturated/α-hetero) is 2. The zero-order valence-electron chi connectivity index (χ0n) is 16.7. The topological polar surface area (TPSA) is 96.0 Å². The molecule has 0 aliphatic heterocycles. The Morgan fingerprint density at radius 2 is 1.96 bits per heavy atom. The van der Waals surface area contributed by atoms with E-state index in [0.29, 0.717) is 38.4 Å². The van der Waals surface area contributed by atoms with Crippen molar-refractivity contribution in [2.24, 2.45) is 0 Å². The van der Waals surface area contributed by atoms with Gasteiger partial charge in [-0.2, -0.15) is 0 Å². The third-order valence-corrected chi connectivity index (χ3v) is 6.87. The summed E-state index contributed by atoms with van der Waals surface area (Å²) < 4.78 is 0.651. The van der Waals surface area contributed by atoms with Crippen molar-refractivity contribution >= 4 is 45.7 Å². The highest BCUT2D eigenvalue weighted by atomic mass is 32.2. The highest BCUT2D eigenvalue weighted by Crippen LogP contribution is 2.37. The standard InChI is InChI=1S/C19H24N4O3S2/c1-6-14(25)23(13-7-8-13)18-21-22-19(28-18)27-12(5)17(26)16-9(2)15(11(4)24)10(3)20-16/h12-13,20H,6-8H2,1-5H3/t12-/m0/s1. The maximum absolute atomic E-state index is 12.9. The number of thioether (sulfide) groups is 1. The molecule has 1 amide bonds. The van der Waals surface area contributed by atoms with Crippen LogP contribution < -0.4 is 4.90 Å². The molecule has 2 aromatic rings. The van der Waals surface area contributed by atoms with Gasteiger partial charge in [0.1, 0.15) is 0 Å². The number of nitrogens with zero attached hydrogens (tertiary/aromatic N) is 3. The molecule has 1 atom stereocenters. The molecule has 1 N–H and O–H groups in total. The van der Waals surface area contributed by atoms with E-state index in [0.717, 1.165) is 12.8 Å². The number of aromatic amines is 1. The van der Waals surface area contributed by atoms with Crippen molar-refractivity contribution in [3.05, 3.63) is 22.5 Å². The second-order valence-electron chi connectivity index (χ2n) is 7.00. The molecule has 2 aromatic heterocycles. The first-order chi connectivity index (χ1) is 13.2. The number of hydrogen-bond acceptors (Lipinski definition) is 7. The number of rotatable bonds is 8. The van der Waals surface area contributed by atoms with Crippen LogP contribution >= 0.6 is 23.1 Å². The Labute approximate surface area is 172 Å². The van der Waals surface area contributed by atoms with Crippen molar-refractivity contribution in [1.82, 2.24) is 15.2 Å². The third-order valence-electron chi connectivity index (χ3n) is 4.77. The van der Waals surface area contributed by atoms with E-state index in [9.17, 15) is 14.4 Å². The lowest BCUT2D eigenvalue weighted by atomic mass is 10.0. The summed E-state index contributed by atoms with van der Waals surface area (Å²) in [6.45, 7) is 8.74. The first-order valence-electron chi connectivity index (χ1n) is 9.31. The van der Waals surface area contributed by atoms with Crippen LogP contribution in [0.4, 0.5) is 5.13 Å². The number of carbonyl (C=O) groups is 3. The van der Waals surface area contributed by atoms with Gasteiger partial charge in [-0.25, -0.2) is 0 Å². The lowest BCUT2D eigenvalue weighted by Gasteiger charge is -2.17. The average molecular weight is 421 g/mol. The number of nitrogens with one attached hydrogen (secondary N) is 1. The van der Waals surface area contributed by atoms with Gasteiger partial charge in [0.15, 0.2) is 15.9 Å². The Morgan fingerprint density at radius 1 is 1.29 bits per heavy atom. The third kappa shape index (κ3) is 4.05. The molecule has 0 radical (unpaired) electrons. The lowest BCUT2D eigenvalue weighted by Crippen LogP contribution is -2.32. The Hall–Kier alpha value is -2.00. The highest BCUT2D eigenvalue weighted by Gasteiger charge is 2.35. The zero-order chi connectivity index (χ0) is 20.6. The molecule has 1 saturated carbocycles. The Bertz CT molecular complexity index is 930. The number of H-pyrrole nitrogens is 1. The second kappa shape index (κ2) is 8.16. The van der Waals surface area contributed by atoms with Gasteiger partial charge in [-0.1, -0.05) is 30.0 Å². The quantitative estimate of drug-likeness (QED) is 0.395. The van der Waals surface area contributed by atoms with Crippen LogP contribution in [0.15, 0.2) is 4.34 Å². The van der Waals surface area contributed by atoms with E-state index in [4.69, 9.17) is 0 Å². The molecule has 2 heterocycles. The largest absolute Gasteiger partial charge is 0.355 e. The molecule has 0 bridgehead atoms. The highest BCUT2D eigenvalue weighted by molar-refractivity contribution is 8.02. The summed E-state index contributed by atoms with van der Waals surface area (Å²) in [5.41, 5.74) is 2.45. The number of ketones is 2. The predicted molar refractivity (Wildman–Crippen MR) is 111 cm³/mol. The van der Waals surface area contributed by atoms with Gasteiger partial charge >= 0.3 is 0 Å². The summed E-state index contributed by atoms with van der Waals surface area (Å²) >= 11 is 2.66. The minimum Gasteiger partial charge on any atom is -0.355 e. The van der Waals surface area contributed by atoms with Gasteiger partial charge in [0.2, 0.25) is 11.0 Å². The SMILES string of the molecule is CCC(=O)N(c1nnc(S[C@@H](C)C(=O)c2[nH]c(C)c(C(C)=O)c2C)s1)C1CC1. The van der Waals surface area contributed by atoms with E-state index in [1.165, 1.54) is 30.0 Å². The van der Waals surface area contributed by atoms with Crippen molar-refractivity contribution < 1.29 is 14.4 Å². The summed E-state index contributed by atoms with van der Waals surface area (Å²) in [6.07, 6.45) is 2.41. The smallest absolute Gasteiger partial charge is 0.228 e. The molecule has 150 valence electrons. The number of amides is 1. The molecule has 1 aliphatic rings. The molecule has 0 saturated heterocycles. The van der Waals surface area contributed by atoms with E-state index in [1.54, 1.807) is 18.7 Å². The first-order valence-corrected chi connectivity index (χ1v) is 11.0. The fourth-order valence-electron chi connectivity index (χ4n) is 3.25. The van der Waals surface area contributed by atoms with Crippen LogP contribution in [0, 0.1) is 13.8 Å². The fourth-order valence-corrected chi connectivity index (χ4v) is 5.38. The van der Waals surface area contributed by atoms with E-state index in [2.05, 4.69) is 15.2 Å². The summed E-state index contributed by atoms with van der Waals surface area (Å²) in [5, 5.41) is 8.56. The van der Waals surface area contributed by atoms with Gasteiger partial charge < -0.3 is 4.98 Å². The predicted octanol–water partition coefficient (Wildman–Crippen LogP) is 3.95. The summed E-state index contributed by atoms with van der Waals surface area (Å²) in [5.74, 6) is -0.0905. The van der Waals surface area contributed by atoms with Crippen molar-refractivity contribution in [2.45, 2.75) is 69.5 Å². The van der Waals surface area contributed by atoms with Crippen molar-refractivity contribution in [3.63, 3.8) is 0 Å². The van der Waals surface area contributed by atoms with Crippen LogP contribution in [0.3, 0.4) is 0 Å².